The Labute approximate surface area is 135 Å². The van der Waals surface area contributed by atoms with Gasteiger partial charge in [0.1, 0.15) is 0 Å². The van der Waals surface area contributed by atoms with E-state index in [0.29, 0.717) is 18.5 Å². The fourth-order valence-corrected chi connectivity index (χ4v) is 2.31. The van der Waals surface area contributed by atoms with Gasteiger partial charge < -0.3 is 10.2 Å². The Hall–Kier alpha value is -1.36. The van der Waals surface area contributed by atoms with Gasteiger partial charge in [-0.15, -0.1) is 0 Å². The molecule has 0 aliphatic carbocycles. The summed E-state index contributed by atoms with van der Waals surface area (Å²) in [6.45, 7) is 6.06. The van der Waals surface area contributed by atoms with Crippen molar-refractivity contribution in [3.63, 3.8) is 0 Å². The molecule has 1 N–H and O–H groups in total. The molecule has 0 aliphatic heterocycles. The highest BCUT2D eigenvalue weighted by Crippen LogP contribution is 2.10. The van der Waals surface area contributed by atoms with E-state index >= 15 is 0 Å². The molecule has 0 aromatic heterocycles. The highest BCUT2D eigenvalue weighted by Gasteiger charge is 2.12. The third-order valence-corrected chi connectivity index (χ3v) is 3.60. The van der Waals surface area contributed by atoms with E-state index < -0.39 is 0 Å². The lowest BCUT2D eigenvalue weighted by molar-refractivity contribution is -0.131. The first-order chi connectivity index (χ1) is 10.1. The van der Waals surface area contributed by atoms with Crippen LogP contribution < -0.4 is 5.32 Å². The van der Waals surface area contributed by atoms with Gasteiger partial charge in [-0.1, -0.05) is 29.8 Å². The third-order valence-electron chi connectivity index (χ3n) is 3.07. The number of amides is 2. The van der Waals surface area contributed by atoms with E-state index in [4.69, 9.17) is 0 Å². The van der Waals surface area contributed by atoms with Crippen molar-refractivity contribution in [3.8, 4) is 0 Å². The van der Waals surface area contributed by atoms with Crippen LogP contribution in [0, 0.1) is 0 Å². The quantitative estimate of drug-likeness (QED) is 0.779. The summed E-state index contributed by atoms with van der Waals surface area (Å²) >= 11 is 3.33. The topological polar surface area (TPSA) is 49.4 Å². The number of carbonyl (C=O) groups excluding carboxylic acids is 2. The van der Waals surface area contributed by atoms with Gasteiger partial charge in [0.15, 0.2) is 0 Å². The lowest BCUT2D eigenvalue weighted by atomic mass is 10.2. The SMILES string of the molecule is CCCN(CCC)C(=O)CCNC(=O)c1ccc(Br)cc1. The number of rotatable bonds is 8. The number of hydrogen-bond acceptors (Lipinski definition) is 2. The molecule has 0 fully saturated rings. The highest BCUT2D eigenvalue weighted by molar-refractivity contribution is 9.10. The zero-order chi connectivity index (χ0) is 15.7. The van der Waals surface area contributed by atoms with Crippen LogP contribution in [0.2, 0.25) is 0 Å². The summed E-state index contributed by atoms with van der Waals surface area (Å²) < 4.78 is 0.934. The van der Waals surface area contributed by atoms with Crippen LogP contribution in [-0.2, 0) is 4.79 Å². The number of nitrogens with zero attached hydrogens (tertiary/aromatic N) is 1. The number of halogens is 1. The van der Waals surface area contributed by atoms with Crippen LogP contribution in [-0.4, -0.2) is 36.3 Å². The molecule has 0 saturated carbocycles. The number of hydrogen-bond donors (Lipinski definition) is 1. The highest BCUT2D eigenvalue weighted by atomic mass is 79.9. The molecule has 4 nitrogen and oxygen atoms in total. The first-order valence-corrected chi connectivity index (χ1v) is 8.19. The average molecular weight is 355 g/mol. The number of carbonyl (C=O) groups is 2. The molecular weight excluding hydrogens is 332 g/mol. The third kappa shape index (κ3) is 6.29. The van der Waals surface area contributed by atoms with Gasteiger partial charge in [0.2, 0.25) is 5.91 Å². The summed E-state index contributed by atoms with van der Waals surface area (Å²) in [7, 11) is 0. The van der Waals surface area contributed by atoms with Crippen molar-refractivity contribution in [1.29, 1.82) is 0 Å². The minimum absolute atomic E-state index is 0.106. The Bertz CT molecular complexity index is 454. The van der Waals surface area contributed by atoms with Gasteiger partial charge in [-0.3, -0.25) is 9.59 Å². The Morgan fingerprint density at radius 3 is 2.19 bits per heavy atom. The Balaban J connectivity index is 2.39. The Morgan fingerprint density at radius 2 is 1.67 bits per heavy atom. The van der Waals surface area contributed by atoms with E-state index in [1.807, 2.05) is 17.0 Å². The number of benzene rings is 1. The van der Waals surface area contributed by atoms with Crippen molar-refractivity contribution in [3.05, 3.63) is 34.3 Å². The molecule has 0 unspecified atom stereocenters. The van der Waals surface area contributed by atoms with Crippen molar-refractivity contribution in [2.45, 2.75) is 33.1 Å². The summed E-state index contributed by atoms with van der Waals surface area (Å²) in [6.07, 6.45) is 2.26. The molecule has 116 valence electrons. The second-order valence-electron chi connectivity index (χ2n) is 4.89. The van der Waals surface area contributed by atoms with Crippen LogP contribution in [0.5, 0.6) is 0 Å². The van der Waals surface area contributed by atoms with Crippen LogP contribution in [0.25, 0.3) is 0 Å². The molecule has 0 saturated heterocycles. The summed E-state index contributed by atoms with van der Waals surface area (Å²) in [5.74, 6) is -0.0392. The van der Waals surface area contributed by atoms with E-state index in [1.165, 1.54) is 0 Å². The Morgan fingerprint density at radius 1 is 1.10 bits per heavy atom. The molecule has 0 heterocycles. The minimum atomic E-state index is -0.146. The fourth-order valence-electron chi connectivity index (χ4n) is 2.05. The largest absolute Gasteiger partial charge is 0.352 e. The zero-order valence-corrected chi connectivity index (χ0v) is 14.3. The van der Waals surface area contributed by atoms with Gasteiger partial charge in [0, 0.05) is 36.1 Å². The van der Waals surface area contributed by atoms with E-state index in [1.54, 1.807) is 12.1 Å². The van der Waals surface area contributed by atoms with Gasteiger partial charge in [-0.25, -0.2) is 0 Å². The van der Waals surface area contributed by atoms with Crippen LogP contribution in [0.3, 0.4) is 0 Å². The molecule has 0 atom stereocenters. The van der Waals surface area contributed by atoms with Gasteiger partial charge in [-0.05, 0) is 37.1 Å². The molecule has 0 radical (unpaired) electrons. The van der Waals surface area contributed by atoms with Gasteiger partial charge in [0.05, 0.1) is 0 Å². The van der Waals surface area contributed by atoms with E-state index in [9.17, 15) is 9.59 Å². The van der Waals surface area contributed by atoms with Gasteiger partial charge >= 0.3 is 0 Å². The molecule has 1 aromatic carbocycles. The first-order valence-electron chi connectivity index (χ1n) is 7.40. The molecule has 0 bridgehead atoms. The van der Waals surface area contributed by atoms with Gasteiger partial charge in [0.25, 0.3) is 5.91 Å². The second-order valence-corrected chi connectivity index (χ2v) is 5.81. The van der Waals surface area contributed by atoms with Crippen LogP contribution in [0.15, 0.2) is 28.7 Å². The van der Waals surface area contributed by atoms with Crippen molar-refractivity contribution >= 4 is 27.7 Å². The Kier molecular flexibility index (Phi) is 8.05. The molecule has 2 amide bonds. The normalized spacial score (nSPS) is 10.2. The van der Waals surface area contributed by atoms with Crippen LogP contribution in [0.1, 0.15) is 43.5 Å². The molecule has 0 aliphatic rings. The lowest BCUT2D eigenvalue weighted by Gasteiger charge is -2.21. The molecular formula is C16H23BrN2O2. The maximum absolute atomic E-state index is 12.1. The standard InChI is InChI=1S/C16H23BrN2O2/c1-3-11-19(12-4-2)15(20)9-10-18-16(21)13-5-7-14(17)8-6-13/h5-8H,3-4,9-12H2,1-2H3,(H,18,21). The fraction of sp³-hybridized carbons (Fsp3) is 0.500. The lowest BCUT2D eigenvalue weighted by Crippen LogP contribution is -2.35. The predicted molar refractivity (Wildman–Crippen MR) is 88.3 cm³/mol. The molecule has 21 heavy (non-hydrogen) atoms. The summed E-state index contributed by atoms with van der Waals surface area (Å²) in [5.41, 5.74) is 0.602. The summed E-state index contributed by atoms with van der Waals surface area (Å²) in [6, 6.07) is 7.15. The zero-order valence-electron chi connectivity index (χ0n) is 12.7. The van der Waals surface area contributed by atoms with Crippen molar-refractivity contribution in [2.75, 3.05) is 19.6 Å². The maximum Gasteiger partial charge on any atom is 0.251 e. The van der Waals surface area contributed by atoms with Crippen molar-refractivity contribution < 1.29 is 9.59 Å². The monoisotopic (exact) mass is 354 g/mol. The molecule has 1 rings (SSSR count). The van der Waals surface area contributed by atoms with Gasteiger partial charge in [-0.2, -0.15) is 0 Å². The first kappa shape index (κ1) is 17.7. The summed E-state index contributed by atoms with van der Waals surface area (Å²) in [4.78, 5) is 25.8. The second kappa shape index (κ2) is 9.55. The average Bonchev–Trinajstić information content (AvgIpc) is 2.47. The molecule has 0 spiro atoms. The molecule has 1 aromatic rings. The summed E-state index contributed by atoms with van der Waals surface area (Å²) in [5, 5.41) is 2.79. The van der Waals surface area contributed by atoms with Crippen molar-refractivity contribution in [2.24, 2.45) is 0 Å². The smallest absolute Gasteiger partial charge is 0.251 e. The maximum atomic E-state index is 12.1. The van der Waals surface area contributed by atoms with E-state index in [-0.39, 0.29) is 11.8 Å². The van der Waals surface area contributed by atoms with Crippen molar-refractivity contribution in [1.82, 2.24) is 10.2 Å². The minimum Gasteiger partial charge on any atom is -0.352 e. The predicted octanol–water partition coefficient (Wildman–Crippen LogP) is 3.22. The van der Waals surface area contributed by atoms with E-state index in [2.05, 4.69) is 35.1 Å². The molecule has 5 heteroatoms. The van der Waals surface area contributed by atoms with Crippen LogP contribution >= 0.6 is 15.9 Å². The number of nitrogens with one attached hydrogen (secondary N) is 1. The van der Waals surface area contributed by atoms with E-state index in [0.717, 1.165) is 30.4 Å². The van der Waals surface area contributed by atoms with Crippen LogP contribution in [0.4, 0.5) is 0 Å².